The monoisotopic (exact) mass is 343 g/mol. The summed E-state index contributed by atoms with van der Waals surface area (Å²) in [5, 5.41) is 4.73. The fourth-order valence-electron chi connectivity index (χ4n) is 3.24. The largest absolute Gasteiger partial charge is 0.352 e. The maximum Gasteiger partial charge on any atom is 0.312 e. The van der Waals surface area contributed by atoms with Crippen LogP contribution in [0.3, 0.4) is 0 Å². The van der Waals surface area contributed by atoms with Gasteiger partial charge in [0.25, 0.3) is 0 Å². The van der Waals surface area contributed by atoms with Crippen LogP contribution in [0.5, 0.6) is 0 Å². The Bertz CT molecular complexity index is 688. The van der Waals surface area contributed by atoms with Gasteiger partial charge in [0.05, 0.1) is 18.5 Å². The van der Waals surface area contributed by atoms with E-state index in [-0.39, 0.29) is 18.4 Å². The van der Waals surface area contributed by atoms with E-state index >= 15 is 0 Å². The Morgan fingerprint density at radius 2 is 2.04 bits per heavy atom. The van der Waals surface area contributed by atoms with E-state index in [4.69, 9.17) is 5.73 Å². The number of likely N-dealkylation sites (tertiary alicyclic amines) is 1. The van der Waals surface area contributed by atoms with E-state index in [1.54, 1.807) is 11.3 Å². The van der Waals surface area contributed by atoms with E-state index in [0.717, 1.165) is 24.9 Å². The molecule has 1 aromatic heterocycles. The van der Waals surface area contributed by atoms with Crippen LogP contribution in [-0.2, 0) is 4.79 Å². The lowest BCUT2D eigenvalue weighted by Crippen LogP contribution is -2.38. The number of hydrogen-bond acceptors (Lipinski definition) is 3. The van der Waals surface area contributed by atoms with Crippen LogP contribution < -0.4 is 11.1 Å². The Kier molecular flexibility index (Phi) is 5.15. The molecule has 3 amide bonds. The van der Waals surface area contributed by atoms with Crippen LogP contribution in [0.15, 0.2) is 47.8 Å². The van der Waals surface area contributed by atoms with Crippen molar-refractivity contribution in [1.82, 2.24) is 10.2 Å². The lowest BCUT2D eigenvalue weighted by atomic mass is 10.0. The van der Waals surface area contributed by atoms with Crippen LogP contribution in [0.1, 0.15) is 41.8 Å². The highest BCUT2D eigenvalue weighted by Crippen LogP contribution is 2.35. The zero-order valence-corrected chi connectivity index (χ0v) is 14.2. The second-order valence-corrected chi connectivity index (χ2v) is 6.92. The van der Waals surface area contributed by atoms with Gasteiger partial charge >= 0.3 is 6.03 Å². The highest BCUT2D eigenvalue weighted by Gasteiger charge is 2.32. The maximum atomic E-state index is 12.9. The van der Waals surface area contributed by atoms with Crippen LogP contribution in [0.2, 0.25) is 0 Å². The molecule has 1 aliphatic rings. The molecule has 3 rings (SSSR count). The van der Waals surface area contributed by atoms with Gasteiger partial charge in [-0.3, -0.25) is 4.79 Å². The van der Waals surface area contributed by atoms with Crippen LogP contribution in [-0.4, -0.2) is 23.4 Å². The van der Waals surface area contributed by atoms with Gasteiger partial charge < -0.3 is 16.0 Å². The Morgan fingerprint density at radius 1 is 1.25 bits per heavy atom. The molecule has 0 unspecified atom stereocenters. The smallest absolute Gasteiger partial charge is 0.312 e. The lowest BCUT2D eigenvalue weighted by molar-refractivity contribution is -0.132. The van der Waals surface area contributed by atoms with Gasteiger partial charge in [-0.2, -0.15) is 0 Å². The average Bonchev–Trinajstić information content (AvgIpc) is 3.25. The number of nitrogens with two attached hydrogens (primary N) is 1. The van der Waals surface area contributed by atoms with E-state index in [0.29, 0.717) is 0 Å². The molecule has 126 valence electrons. The molecule has 0 spiro atoms. The van der Waals surface area contributed by atoms with E-state index in [2.05, 4.69) is 11.4 Å². The first kappa shape index (κ1) is 16.5. The molecule has 2 heterocycles. The number of hydrogen-bond donors (Lipinski definition) is 2. The highest BCUT2D eigenvalue weighted by molar-refractivity contribution is 7.10. The van der Waals surface area contributed by atoms with Crippen LogP contribution in [0.4, 0.5) is 4.79 Å². The van der Waals surface area contributed by atoms with Gasteiger partial charge in [-0.25, -0.2) is 4.79 Å². The molecule has 1 aliphatic heterocycles. The minimum absolute atomic E-state index is 0.0495. The van der Waals surface area contributed by atoms with Crippen molar-refractivity contribution in [2.75, 3.05) is 6.54 Å². The number of nitrogens with zero attached hydrogens (tertiary/aromatic N) is 1. The van der Waals surface area contributed by atoms with Gasteiger partial charge in [0.1, 0.15) is 0 Å². The molecule has 24 heavy (non-hydrogen) atoms. The molecule has 5 nitrogen and oxygen atoms in total. The molecular formula is C18H21N3O2S. The summed E-state index contributed by atoms with van der Waals surface area (Å²) < 4.78 is 0. The number of rotatable bonds is 5. The van der Waals surface area contributed by atoms with Crippen molar-refractivity contribution < 1.29 is 9.59 Å². The summed E-state index contributed by atoms with van der Waals surface area (Å²) >= 11 is 1.68. The first-order chi connectivity index (χ1) is 11.6. The van der Waals surface area contributed by atoms with E-state index in [9.17, 15) is 9.59 Å². The second-order valence-electron chi connectivity index (χ2n) is 5.94. The van der Waals surface area contributed by atoms with Crippen molar-refractivity contribution >= 4 is 23.3 Å². The third-order valence-corrected chi connectivity index (χ3v) is 5.32. The summed E-state index contributed by atoms with van der Waals surface area (Å²) in [5.74, 6) is 0.0495. The average molecular weight is 343 g/mol. The number of carbonyl (C=O) groups excluding carboxylic acids is 2. The highest BCUT2D eigenvalue weighted by atomic mass is 32.1. The Hall–Kier alpha value is -2.34. The molecule has 0 saturated carbocycles. The van der Waals surface area contributed by atoms with Crippen molar-refractivity contribution in [2.24, 2.45) is 5.73 Å². The Balaban J connectivity index is 1.74. The Labute approximate surface area is 145 Å². The molecule has 1 aromatic carbocycles. The summed E-state index contributed by atoms with van der Waals surface area (Å²) in [4.78, 5) is 27.3. The molecule has 2 atom stereocenters. The molecule has 3 N–H and O–H groups in total. The van der Waals surface area contributed by atoms with Crippen LogP contribution >= 0.6 is 11.3 Å². The molecule has 0 bridgehead atoms. The quantitative estimate of drug-likeness (QED) is 0.875. The van der Waals surface area contributed by atoms with Crippen LogP contribution in [0.25, 0.3) is 0 Å². The second kappa shape index (κ2) is 7.49. The normalized spacial score (nSPS) is 18.3. The first-order valence-electron chi connectivity index (χ1n) is 8.09. The van der Waals surface area contributed by atoms with Crippen molar-refractivity contribution in [3.63, 3.8) is 0 Å². The summed E-state index contributed by atoms with van der Waals surface area (Å²) in [5.41, 5.74) is 6.18. The molecule has 0 radical (unpaired) electrons. The molecular weight excluding hydrogens is 322 g/mol. The van der Waals surface area contributed by atoms with Gasteiger partial charge in [0.15, 0.2) is 0 Å². The predicted molar refractivity (Wildman–Crippen MR) is 94.5 cm³/mol. The van der Waals surface area contributed by atoms with E-state index in [1.807, 2.05) is 46.7 Å². The number of carbonyl (C=O) groups is 2. The zero-order chi connectivity index (χ0) is 16.9. The minimum atomic E-state index is -0.618. The molecule has 2 aromatic rings. The summed E-state index contributed by atoms with van der Waals surface area (Å²) in [6.45, 7) is 0.763. The number of benzene rings is 1. The van der Waals surface area contributed by atoms with E-state index in [1.165, 1.54) is 4.88 Å². The van der Waals surface area contributed by atoms with Crippen molar-refractivity contribution in [3.05, 3.63) is 58.3 Å². The van der Waals surface area contributed by atoms with E-state index < -0.39 is 12.1 Å². The van der Waals surface area contributed by atoms with Gasteiger partial charge in [0.2, 0.25) is 5.91 Å². The molecule has 0 aliphatic carbocycles. The zero-order valence-electron chi connectivity index (χ0n) is 13.4. The molecule has 1 fully saturated rings. The van der Waals surface area contributed by atoms with Gasteiger partial charge in [0, 0.05) is 11.4 Å². The number of primary amides is 1. The van der Waals surface area contributed by atoms with Crippen molar-refractivity contribution in [1.29, 1.82) is 0 Å². The van der Waals surface area contributed by atoms with Gasteiger partial charge in [-0.1, -0.05) is 36.4 Å². The maximum absolute atomic E-state index is 12.9. The third kappa shape index (κ3) is 3.76. The topological polar surface area (TPSA) is 75.4 Å². The van der Waals surface area contributed by atoms with Gasteiger partial charge in [-0.05, 0) is 29.9 Å². The summed E-state index contributed by atoms with van der Waals surface area (Å²) in [6.07, 6.45) is 2.22. The number of urea groups is 1. The third-order valence-electron chi connectivity index (χ3n) is 4.34. The van der Waals surface area contributed by atoms with Crippen molar-refractivity contribution in [3.8, 4) is 0 Å². The summed E-state index contributed by atoms with van der Waals surface area (Å²) in [6, 6.07) is 12.7. The number of amides is 3. The predicted octanol–water partition coefficient (Wildman–Crippen LogP) is 3.21. The van der Waals surface area contributed by atoms with Crippen molar-refractivity contribution in [2.45, 2.75) is 31.3 Å². The van der Waals surface area contributed by atoms with Crippen LogP contribution in [0, 0.1) is 0 Å². The lowest BCUT2D eigenvalue weighted by Gasteiger charge is -2.26. The SMILES string of the molecule is NC(=O)N[C@@H](CC(=O)N1CCC[C@H]1c1cccs1)c1ccccc1. The number of thiophene rings is 1. The molecule has 1 saturated heterocycles. The fourth-order valence-corrected chi connectivity index (χ4v) is 4.12. The summed E-state index contributed by atoms with van der Waals surface area (Å²) in [7, 11) is 0. The van der Waals surface area contributed by atoms with Gasteiger partial charge in [-0.15, -0.1) is 11.3 Å². The standard InChI is InChI=1S/C18H21N3O2S/c19-18(23)20-14(13-6-2-1-3-7-13)12-17(22)21-10-4-8-15(21)16-9-5-11-24-16/h1-3,5-7,9,11,14-15H,4,8,10,12H2,(H3,19,20,23)/t14-,15-/m0/s1. The first-order valence-corrected chi connectivity index (χ1v) is 8.97. The molecule has 6 heteroatoms. The fraction of sp³-hybridized carbons (Fsp3) is 0.333. The number of nitrogens with one attached hydrogen (secondary N) is 1. The minimum Gasteiger partial charge on any atom is -0.352 e. The Morgan fingerprint density at radius 3 is 2.71 bits per heavy atom.